The maximum absolute atomic E-state index is 12.5. The van der Waals surface area contributed by atoms with Crippen LogP contribution in [0, 0.1) is 0 Å². The van der Waals surface area contributed by atoms with E-state index in [9.17, 15) is 4.79 Å². The van der Waals surface area contributed by atoms with Crippen LogP contribution in [0.4, 0.5) is 5.69 Å². The number of nitrogens with one attached hydrogen (secondary N) is 1. The van der Waals surface area contributed by atoms with Gasteiger partial charge in [0.1, 0.15) is 5.52 Å². The third-order valence-electron chi connectivity index (χ3n) is 4.05. The number of carbonyl (C=O) groups is 1. The van der Waals surface area contributed by atoms with E-state index in [1.165, 1.54) is 19.3 Å². The molecule has 2 aromatic carbocycles. The summed E-state index contributed by atoms with van der Waals surface area (Å²) in [7, 11) is 0. The van der Waals surface area contributed by atoms with Crippen LogP contribution in [0.2, 0.25) is 0 Å². The number of benzene rings is 2. The Kier molecular flexibility index (Phi) is 5.21. The number of amides is 1. The minimum Gasteiger partial charge on any atom is -0.322 e. The molecule has 0 aliphatic rings. The number of hydrogen-bond acceptors (Lipinski definition) is 3. The number of fused-ring (bicyclic) bond motifs is 1. The lowest BCUT2D eigenvalue weighted by molar-refractivity contribution is 0.102. The molecule has 5 nitrogen and oxygen atoms in total. The first-order chi connectivity index (χ1) is 11.8. The van der Waals surface area contributed by atoms with Gasteiger partial charge < -0.3 is 5.32 Å². The van der Waals surface area contributed by atoms with E-state index in [0.29, 0.717) is 11.1 Å². The number of anilines is 1. The molecular weight excluding hydrogens is 300 g/mol. The van der Waals surface area contributed by atoms with Gasteiger partial charge in [0.2, 0.25) is 0 Å². The SMILES string of the molecule is CCCCCCn1nnc2c(C(=O)Nc3ccccc3)cccc21. The largest absolute Gasteiger partial charge is 0.322 e. The summed E-state index contributed by atoms with van der Waals surface area (Å²) in [5, 5.41) is 11.4. The van der Waals surface area contributed by atoms with Crippen molar-refractivity contribution in [3.8, 4) is 0 Å². The molecule has 1 aromatic heterocycles. The first-order valence-corrected chi connectivity index (χ1v) is 8.48. The van der Waals surface area contributed by atoms with E-state index >= 15 is 0 Å². The summed E-state index contributed by atoms with van der Waals surface area (Å²) in [6.07, 6.45) is 4.71. The molecule has 24 heavy (non-hydrogen) atoms. The lowest BCUT2D eigenvalue weighted by Crippen LogP contribution is -2.12. The first kappa shape index (κ1) is 16.2. The van der Waals surface area contributed by atoms with Gasteiger partial charge in [0.25, 0.3) is 5.91 Å². The zero-order valence-corrected chi connectivity index (χ0v) is 13.9. The predicted molar refractivity (Wildman–Crippen MR) is 96.1 cm³/mol. The molecule has 1 N–H and O–H groups in total. The van der Waals surface area contributed by atoms with Gasteiger partial charge in [-0.2, -0.15) is 0 Å². The number of unbranched alkanes of at least 4 members (excludes halogenated alkanes) is 3. The number of aromatic nitrogens is 3. The van der Waals surface area contributed by atoms with Gasteiger partial charge in [0, 0.05) is 12.2 Å². The normalized spacial score (nSPS) is 10.9. The summed E-state index contributed by atoms with van der Waals surface area (Å²) < 4.78 is 1.89. The summed E-state index contributed by atoms with van der Waals surface area (Å²) in [5.74, 6) is -0.162. The van der Waals surface area contributed by atoms with Crippen molar-refractivity contribution in [3.63, 3.8) is 0 Å². The van der Waals surface area contributed by atoms with Gasteiger partial charge in [-0.3, -0.25) is 4.79 Å². The Bertz CT molecular complexity index is 811. The fourth-order valence-corrected chi connectivity index (χ4v) is 2.75. The second-order valence-electron chi connectivity index (χ2n) is 5.87. The second-order valence-corrected chi connectivity index (χ2v) is 5.87. The molecule has 124 valence electrons. The maximum Gasteiger partial charge on any atom is 0.258 e. The van der Waals surface area contributed by atoms with Crippen molar-refractivity contribution in [2.24, 2.45) is 0 Å². The standard InChI is InChI=1S/C19H22N4O/c1-2-3-4-8-14-23-17-13-9-12-16(18(17)21-22-23)19(24)20-15-10-6-5-7-11-15/h5-7,9-13H,2-4,8,14H2,1H3,(H,20,24). The number of para-hydroxylation sites is 1. The Morgan fingerprint density at radius 3 is 2.67 bits per heavy atom. The van der Waals surface area contributed by atoms with Crippen molar-refractivity contribution in [2.45, 2.75) is 39.2 Å². The Hall–Kier alpha value is -2.69. The number of aryl methyl sites for hydroxylation is 1. The highest BCUT2D eigenvalue weighted by Crippen LogP contribution is 2.18. The molecule has 5 heteroatoms. The van der Waals surface area contributed by atoms with Crippen LogP contribution in [0.15, 0.2) is 48.5 Å². The van der Waals surface area contributed by atoms with Gasteiger partial charge in [0.05, 0.1) is 11.1 Å². The lowest BCUT2D eigenvalue weighted by atomic mass is 10.1. The van der Waals surface area contributed by atoms with Gasteiger partial charge in [-0.25, -0.2) is 4.68 Å². The van der Waals surface area contributed by atoms with Crippen LogP contribution in [0.1, 0.15) is 43.0 Å². The van der Waals surface area contributed by atoms with Gasteiger partial charge in [-0.05, 0) is 30.7 Å². The minimum atomic E-state index is -0.162. The molecule has 1 amide bonds. The van der Waals surface area contributed by atoms with E-state index < -0.39 is 0 Å². The van der Waals surface area contributed by atoms with Crippen LogP contribution in [0.3, 0.4) is 0 Å². The Morgan fingerprint density at radius 1 is 1.04 bits per heavy atom. The first-order valence-electron chi connectivity index (χ1n) is 8.48. The van der Waals surface area contributed by atoms with Crippen LogP contribution in [0.5, 0.6) is 0 Å². The quantitative estimate of drug-likeness (QED) is 0.661. The summed E-state index contributed by atoms with van der Waals surface area (Å²) in [6.45, 7) is 3.03. The van der Waals surface area contributed by atoms with Gasteiger partial charge in [-0.1, -0.05) is 55.7 Å². The Morgan fingerprint density at radius 2 is 1.88 bits per heavy atom. The monoisotopic (exact) mass is 322 g/mol. The Balaban J connectivity index is 1.79. The lowest BCUT2D eigenvalue weighted by Gasteiger charge is -2.06. The number of carbonyl (C=O) groups excluding carboxylic acids is 1. The molecule has 0 aliphatic heterocycles. The van der Waals surface area contributed by atoms with Crippen LogP contribution in [-0.2, 0) is 6.54 Å². The van der Waals surface area contributed by atoms with Crippen LogP contribution in [-0.4, -0.2) is 20.9 Å². The van der Waals surface area contributed by atoms with Crippen molar-refractivity contribution < 1.29 is 4.79 Å². The molecule has 0 saturated carbocycles. The minimum absolute atomic E-state index is 0.162. The van der Waals surface area contributed by atoms with Gasteiger partial charge >= 0.3 is 0 Å². The highest BCUT2D eigenvalue weighted by molar-refractivity contribution is 6.11. The molecular formula is C19H22N4O. The van der Waals surface area contributed by atoms with Crippen molar-refractivity contribution >= 4 is 22.6 Å². The molecule has 0 saturated heterocycles. The Labute approximate surface area is 141 Å². The van der Waals surface area contributed by atoms with Crippen molar-refractivity contribution in [1.82, 2.24) is 15.0 Å². The summed E-state index contributed by atoms with van der Waals surface area (Å²) in [4.78, 5) is 12.5. The molecule has 0 fully saturated rings. The molecule has 3 rings (SSSR count). The number of rotatable bonds is 7. The van der Waals surface area contributed by atoms with E-state index in [4.69, 9.17) is 0 Å². The van der Waals surface area contributed by atoms with Gasteiger partial charge in [0.15, 0.2) is 0 Å². The molecule has 1 heterocycles. The maximum atomic E-state index is 12.5. The molecule has 0 bridgehead atoms. The fraction of sp³-hybridized carbons (Fsp3) is 0.316. The molecule has 0 atom stereocenters. The van der Waals surface area contributed by atoms with E-state index in [-0.39, 0.29) is 5.91 Å². The number of nitrogens with zero attached hydrogens (tertiary/aromatic N) is 3. The summed E-state index contributed by atoms with van der Waals surface area (Å²) in [5.41, 5.74) is 2.89. The highest BCUT2D eigenvalue weighted by atomic mass is 16.1. The molecule has 0 spiro atoms. The third-order valence-corrected chi connectivity index (χ3v) is 4.05. The van der Waals surface area contributed by atoms with Crippen molar-refractivity contribution in [3.05, 3.63) is 54.1 Å². The predicted octanol–water partition coefficient (Wildman–Crippen LogP) is 4.26. The van der Waals surface area contributed by atoms with E-state index in [2.05, 4.69) is 22.6 Å². The van der Waals surface area contributed by atoms with E-state index in [0.717, 1.165) is 24.2 Å². The molecule has 0 unspecified atom stereocenters. The number of hydrogen-bond donors (Lipinski definition) is 1. The highest BCUT2D eigenvalue weighted by Gasteiger charge is 2.14. The zero-order valence-electron chi connectivity index (χ0n) is 13.9. The molecule has 3 aromatic rings. The smallest absolute Gasteiger partial charge is 0.258 e. The van der Waals surface area contributed by atoms with E-state index in [1.54, 1.807) is 6.07 Å². The van der Waals surface area contributed by atoms with E-state index in [1.807, 2.05) is 47.1 Å². The average molecular weight is 322 g/mol. The topological polar surface area (TPSA) is 59.8 Å². The van der Waals surface area contributed by atoms with Crippen LogP contribution in [0.25, 0.3) is 11.0 Å². The van der Waals surface area contributed by atoms with Crippen molar-refractivity contribution in [1.29, 1.82) is 0 Å². The summed E-state index contributed by atoms with van der Waals surface area (Å²) in [6, 6.07) is 15.1. The molecule has 0 aliphatic carbocycles. The molecule has 0 radical (unpaired) electrons. The zero-order chi connectivity index (χ0) is 16.8. The van der Waals surface area contributed by atoms with Crippen LogP contribution >= 0.6 is 0 Å². The second kappa shape index (κ2) is 7.73. The van der Waals surface area contributed by atoms with Crippen molar-refractivity contribution in [2.75, 3.05) is 5.32 Å². The average Bonchev–Trinajstić information content (AvgIpc) is 3.03. The van der Waals surface area contributed by atoms with Gasteiger partial charge in [-0.15, -0.1) is 5.10 Å². The summed E-state index contributed by atoms with van der Waals surface area (Å²) >= 11 is 0. The fourth-order valence-electron chi connectivity index (χ4n) is 2.75. The third kappa shape index (κ3) is 3.62. The van der Waals surface area contributed by atoms with Crippen LogP contribution < -0.4 is 5.32 Å².